The van der Waals surface area contributed by atoms with Crippen LogP contribution in [0, 0.1) is 6.92 Å². The van der Waals surface area contributed by atoms with E-state index in [1.165, 1.54) is 0 Å². The van der Waals surface area contributed by atoms with Crippen molar-refractivity contribution in [1.82, 2.24) is 10.4 Å². The lowest BCUT2D eigenvalue weighted by Crippen LogP contribution is -2.24. The van der Waals surface area contributed by atoms with Gasteiger partial charge in [0, 0.05) is 12.4 Å². The number of aromatic nitrogens is 1. The van der Waals surface area contributed by atoms with Gasteiger partial charge < -0.3 is 4.74 Å². The number of hydrogen-bond donors (Lipinski definition) is 1. The summed E-state index contributed by atoms with van der Waals surface area (Å²) < 4.78 is 5.41. The molecule has 0 unspecified atom stereocenters. The van der Waals surface area contributed by atoms with Crippen molar-refractivity contribution in [1.29, 1.82) is 0 Å². The number of nitrogens with zero attached hydrogens (tertiary/aromatic N) is 2. The maximum absolute atomic E-state index is 11.6. The van der Waals surface area contributed by atoms with Crippen molar-refractivity contribution >= 4 is 12.1 Å². The molecule has 1 amide bonds. The maximum atomic E-state index is 11.6. The third kappa shape index (κ3) is 4.20. The Morgan fingerprint density at radius 2 is 2.05 bits per heavy atom. The summed E-state index contributed by atoms with van der Waals surface area (Å²) >= 11 is 0. The lowest BCUT2D eigenvalue weighted by atomic mass is 10.2. The minimum absolute atomic E-state index is 0.0709. The molecule has 1 N–H and O–H groups in total. The predicted octanol–water partition coefficient (Wildman–Crippen LogP) is 1.92. The third-order valence-electron chi connectivity index (χ3n) is 2.56. The number of aryl methyl sites for hydroxylation is 1. The molecule has 1 heterocycles. The van der Waals surface area contributed by atoms with Crippen molar-refractivity contribution in [2.24, 2.45) is 5.10 Å². The van der Waals surface area contributed by atoms with Crippen molar-refractivity contribution in [2.75, 3.05) is 6.61 Å². The topological polar surface area (TPSA) is 63.6 Å². The molecule has 5 heteroatoms. The largest absolute Gasteiger partial charge is 0.483 e. The van der Waals surface area contributed by atoms with Gasteiger partial charge in [-0.05, 0) is 36.2 Å². The SMILES string of the molecule is Cc1ccccc1OCC(=O)N/N=C\c1ccncc1. The Kier molecular flexibility index (Phi) is 4.83. The summed E-state index contributed by atoms with van der Waals surface area (Å²) in [5.41, 5.74) is 4.25. The zero-order valence-electron chi connectivity index (χ0n) is 11.1. The molecule has 20 heavy (non-hydrogen) atoms. The van der Waals surface area contributed by atoms with Gasteiger partial charge in [-0.1, -0.05) is 18.2 Å². The fraction of sp³-hybridized carbons (Fsp3) is 0.133. The van der Waals surface area contributed by atoms with Gasteiger partial charge in [0.15, 0.2) is 6.61 Å². The number of para-hydroxylation sites is 1. The molecule has 2 aromatic rings. The molecule has 0 saturated heterocycles. The van der Waals surface area contributed by atoms with Crippen LogP contribution in [-0.2, 0) is 4.79 Å². The maximum Gasteiger partial charge on any atom is 0.277 e. The highest BCUT2D eigenvalue weighted by molar-refractivity contribution is 5.82. The van der Waals surface area contributed by atoms with Crippen LogP contribution in [0.4, 0.5) is 0 Å². The summed E-state index contributed by atoms with van der Waals surface area (Å²) in [6.07, 6.45) is 4.86. The number of pyridine rings is 1. The van der Waals surface area contributed by atoms with Gasteiger partial charge in [0.1, 0.15) is 5.75 Å². The zero-order valence-corrected chi connectivity index (χ0v) is 11.1. The average Bonchev–Trinajstić information content (AvgIpc) is 2.47. The Morgan fingerprint density at radius 1 is 1.30 bits per heavy atom. The van der Waals surface area contributed by atoms with E-state index in [-0.39, 0.29) is 12.5 Å². The summed E-state index contributed by atoms with van der Waals surface area (Å²) in [5, 5.41) is 3.84. The lowest BCUT2D eigenvalue weighted by Gasteiger charge is -2.07. The van der Waals surface area contributed by atoms with E-state index in [1.54, 1.807) is 30.7 Å². The van der Waals surface area contributed by atoms with E-state index in [0.29, 0.717) is 5.75 Å². The van der Waals surface area contributed by atoms with Crippen LogP contribution >= 0.6 is 0 Å². The molecule has 0 radical (unpaired) electrons. The molecule has 0 aliphatic carbocycles. The van der Waals surface area contributed by atoms with Crippen LogP contribution in [0.15, 0.2) is 53.9 Å². The molecule has 1 aromatic heterocycles. The van der Waals surface area contributed by atoms with Gasteiger partial charge in [-0.2, -0.15) is 5.10 Å². The Hall–Kier alpha value is -2.69. The molecule has 2 rings (SSSR count). The number of benzene rings is 1. The molecular formula is C15H15N3O2. The molecule has 0 bridgehead atoms. The van der Waals surface area contributed by atoms with Crippen molar-refractivity contribution < 1.29 is 9.53 Å². The second kappa shape index (κ2) is 7.04. The summed E-state index contributed by atoms with van der Waals surface area (Å²) in [4.78, 5) is 15.4. The van der Waals surface area contributed by atoms with E-state index in [1.807, 2.05) is 31.2 Å². The molecule has 0 fully saturated rings. The molecule has 0 saturated carbocycles. The Labute approximate surface area is 117 Å². The van der Waals surface area contributed by atoms with Crippen molar-refractivity contribution in [3.8, 4) is 5.75 Å². The quantitative estimate of drug-likeness (QED) is 0.666. The van der Waals surface area contributed by atoms with E-state index in [2.05, 4.69) is 15.5 Å². The summed E-state index contributed by atoms with van der Waals surface area (Å²) in [6.45, 7) is 1.85. The third-order valence-corrected chi connectivity index (χ3v) is 2.56. The van der Waals surface area contributed by atoms with Crippen LogP contribution in [0.3, 0.4) is 0 Å². The summed E-state index contributed by atoms with van der Waals surface area (Å²) in [7, 11) is 0. The standard InChI is InChI=1S/C15H15N3O2/c1-12-4-2-3-5-14(12)20-11-15(19)18-17-10-13-6-8-16-9-7-13/h2-10H,11H2,1H3,(H,18,19)/b17-10-. The second-order valence-electron chi connectivity index (χ2n) is 4.13. The van der Waals surface area contributed by atoms with Crippen molar-refractivity contribution in [2.45, 2.75) is 6.92 Å². The van der Waals surface area contributed by atoms with Crippen LogP contribution in [0.2, 0.25) is 0 Å². The monoisotopic (exact) mass is 269 g/mol. The predicted molar refractivity (Wildman–Crippen MR) is 76.6 cm³/mol. The van der Waals surface area contributed by atoms with Gasteiger partial charge in [-0.25, -0.2) is 5.43 Å². The van der Waals surface area contributed by atoms with Gasteiger partial charge in [-0.15, -0.1) is 0 Å². The summed E-state index contributed by atoms with van der Waals surface area (Å²) in [5.74, 6) is 0.388. The summed E-state index contributed by atoms with van der Waals surface area (Å²) in [6, 6.07) is 11.1. The molecule has 0 aliphatic heterocycles. The number of ether oxygens (including phenoxy) is 1. The smallest absolute Gasteiger partial charge is 0.277 e. The Bertz CT molecular complexity index is 597. The number of rotatable bonds is 5. The lowest BCUT2D eigenvalue weighted by molar-refractivity contribution is -0.123. The van der Waals surface area contributed by atoms with E-state index in [4.69, 9.17) is 4.74 Å². The molecule has 102 valence electrons. The van der Waals surface area contributed by atoms with E-state index >= 15 is 0 Å². The van der Waals surface area contributed by atoms with Gasteiger partial charge in [-0.3, -0.25) is 9.78 Å². The minimum atomic E-state index is -0.307. The van der Waals surface area contributed by atoms with Gasteiger partial charge in [0.2, 0.25) is 0 Å². The van der Waals surface area contributed by atoms with Crippen LogP contribution in [0.25, 0.3) is 0 Å². The van der Waals surface area contributed by atoms with Gasteiger partial charge in [0.05, 0.1) is 6.21 Å². The van der Waals surface area contributed by atoms with E-state index in [0.717, 1.165) is 11.1 Å². The molecule has 0 atom stereocenters. The van der Waals surface area contributed by atoms with Gasteiger partial charge in [0.25, 0.3) is 5.91 Å². The number of carbonyl (C=O) groups excluding carboxylic acids is 1. The first kappa shape index (κ1) is 13.7. The number of carbonyl (C=O) groups is 1. The molecule has 1 aromatic carbocycles. The highest BCUT2D eigenvalue weighted by Gasteiger charge is 2.02. The van der Waals surface area contributed by atoms with E-state index < -0.39 is 0 Å². The van der Waals surface area contributed by atoms with Crippen molar-refractivity contribution in [3.63, 3.8) is 0 Å². The highest BCUT2D eigenvalue weighted by atomic mass is 16.5. The molecule has 5 nitrogen and oxygen atoms in total. The molecule has 0 spiro atoms. The number of hydrazone groups is 1. The highest BCUT2D eigenvalue weighted by Crippen LogP contribution is 2.15. The normalized spacial score (nSPS) is 10.4. The van der Waals surface area contributed by atoms with Crippen LogP contribution in [0.1, 0.15) is 11.1 Å². The van der Waals surface area contributed by atoms with Gasteiger partial charge >= 0.3 is 0 Å². The first-order valence-electron chi connectivity index (χ1n) is 6.16. The Balaban J connectivity index is 1.79. The Morgan fingerprint density at radius 3 is 2.80 bits per heavy atom. The first-order valence-corrected chi connectivity index (χ1v) is 6.16. The number of amides is 1. The fourth-order valence-electron chi connectivity index (χ4n) is 1.52. The molecular weight excluding hydrogens is 254 g/mol. The van der Waals surface area contributed by atoms with E-state index in [9.17, 15) is 4.79 Å². The van der Waals surface area contributed by atoms with Crippen molar-refractivity contribution in [3.05, 3.63) is 59.9 Å². The first-order chi connectivity index (χ1) is 9.75. The second-order valence-corrected chi connectivity index (χ2v) is 4.13. The zero-order chi connectivity index (χ0) is 14.2. The average molecular weight is 269 g/mol. The molecule has 0 aliphatic rings. The van der Waals surface area contributed by atoms with Crippen LogP contribution < -0.4 is 10.2 Å². The fourth-order valence-corrected chi connectivity index (χ4v) is 1.52. The number of nitrogens with one attached hydrogen (secondary N) is 1. The van der Waals surface area contributed by atoms with Crippen LogP contribution in [0.5, 0.6) is 5.75 Å². The minimum Gasteiger partial charge on any atom is -0.483 e. The van der Waals surface area contributed by atoms with Crippen LogP contribution in [-0.4, -0.2) is 23.7 Å². The number of hydrogen-bond acceptors (Lipinski definition) is 4.